The lowest BCUT2D eigenvalue weighted by atomic mass is 9.95. The van der Waals surface area contributed by atoms with E-state index in [0.717, 1.165) is 16.9 Å². The molecule has 0 radical (unpaired) electrons. The molecule has 1 unspecified atom stereocenters. The predicted octanol–water partition coefficient (Wildman–Crippen LogP) is 2.49. The molecule has 0 amide bonds. The molecule has 3 N–H and O–H groups in total. The number of aliphatic hydroxyl groups excluding tert-OH is 1. The van der Waals surface area contributed by atoms with Gasteiger partial charge in [0.2, 0.25) is 0 Å². The summed E-state index contributed by atoms with van der Waals surface area (Å²) in [6, 6.07) is 5.83. The number of aliphatic hydroxyl groups is 1. The van der Waals surface area contributed by atoms with E-state index in [2.05, 4.69) is 25.3 Å². The van der Waals surface area contributed by atoms with E-state index in [-0.39, 0.29) is 18.1 Å². The molecule has 0 saturated heterocycles. The van der Waals surface area contributed by atoms with Crippen molar-refractivity contribution >= 4 is 16.7 Å². The van der Waals surface area contributed by atoms with Gasteiger partial charge in [-0.05, 0) is 24.6 Å². The molecule has 1 heterocycles. The molecule has 0 aliphatic heterocycles. The first kappa shape index (κ1) is 15.8. The van der Waals surface area contributed by atoms with Gasteiger partial charge in [-0.25, -0.2) is 4.98 Å². The van der Waals surface area contributed by atoms with Crippen LogP contribution in [0.4, 0.5) is 5.69 Å². The Morgan fingerprint density at radius 2 is 2.10 bits per heavy atom. The molecular weight excluding hydrogens is 266 g/mol. The van der Waals surface area contributed by atoms with Gasteiger partial charge >= 0.3 is 0 Å². The number of imidazole rings is 1. The van der Waals surface area contributed by atoms with Gasteiger partial charge in [0.15, 0.2) is 0 Å². The van der Waals surface area contributed by atoms with Crippen molar-refractivity contribution in [2.75, 3.05) is 26.1 Å². The second-order valence-electron chi connectivity index (χ2n) is 6.43. The molecule has 5 heteroatoms. The number of ether oxygens (including phenoxy) is 1. The van der Waals surface area contributed by atoms with Gasteiger partial charge in [0, 0.05) is 24.8 Å². The molecule has 2 rings (SSSR count). The van der Waals surface area contributed by atoms with Gasteiger partial charge in [0.25, 0.3) is 0 Å². The molecule has 0 aliphatic carbocycles. The molecular formula is C16H25N3O2. The number of aromatic nitrogens is 2. The Hall–Kier alpha value is -1.59. The molecule has 0 spiro atoms. The summed E-state index contributed by atoms with van der Waals surface area (Å²) in [6.07, 6.45) is 0.632. The second kappa shape index (κ2) is 6.03. The molecule has 0 aliphatic rings. The third-order valence-electron chi connectivity index (χ3n) is 3.57. The Morgan fingerprint density at radius 1 is 1.38 bits per heavy atom. The molecule has 1 aromatic carbocycles. The third-order valence-corrected chi connectivity index (χ3v) is 3.57. The van der Waals surface area contributed by atoms with Crippen LogP contribution in [0.3, 0.4) is 0 Å². The smallest absolute Gasteiger partial charge is 0.115 e. The maximum atomic E-state index is 9.36. The first-order chi connectivity index (χ1) is 9.88. The van der Waals surface area contributed by atoms with Crippen molar-refractivity contribution in [3.8, 4) is 0 Å². The summed E-state index contributed by atoms with van der Waals surface area (Å²) in [5.41, 5.74) is 8.40. The average molecular weight is 291 g/mol. The summed E-state index contributed by atoms with van der Waals surface area (Å²) >= 11 is 0. The SMILES string of the molecule is COCC(CCO)n1c(C(C)(C)C)nc2cc(N)ccc21. The third kappa shape index (κ3) is 3.19. The van der Waals surface area contributed by atoms with Gasteiger partial charge in [-0.2, -0.15) is 0 Å². The average Bonchev–Trinajstić information content (AvgIpc) is 2.76. The van der Waals surface area contributed by atoms with Crippen LogP contribution in [0.15, 0.2) is 18.2 Å². The van der Waals surface area contributed by atoms with E-state index in [1.165, 1.54) is 0 Å². The van der Waals surface area contributed by atoms with Crippen LogP contribution in [0.25, 0.3) is 11.0 Å². The van der Waals surface area contributed by atoms with Crippen molar-refractivity contribution in [2.45, 2.75) is 38.6 Å². The highest BCUT2D eigenvalue weighted by Gasteiger charge is 2.26. The minimum Gasteiger partial charge on any atom is -0.399 e. The molecule has 1 atom stereocenters. The Kier molecular flexibility index (Phi) is 4.54. The zero-order chi connectivity index (χ0) is 15.6. The summed E-state index contributed by atoms with van der Waals surface area (Å²) < 4.78 is 7.53. The van der Waals surface area contributed by atoms with Crippen molar-refractivity contribution < 1.29 is 9.84 Å². The Morgan fingerprint density at radius 3 is 2.67 bits per heavy atom. The predicted molar refractivity (Wildman–Crippen MR) is 85.5 cm³/mol. The molecule has 5 nitrogen and oxygen atoms in total. The van der Waals surface area contributed by atoms with Gasteiger partial charge in [-0.15, -0.1) is 0 Å². The number of methoxy groups -OCH3 is 1. The fourth-order valence-electron chi connectivity index (χ4n) is 2.64. The van der Waals surface area contributed by atoms with Crippen LogP contribution >= 0.6 is 0 Å². The van der Waals surface area contributed by atoms with Gasteiger partial charge in [-0.3, -0.25) is 0 Å². The van der Waals surface area contributed by atoms with Crippen LogP contribution < -0.4 is 5.73 Å². The lowest BCUT2D eigenvalue weighted by molar-refractivity contribution is 0.135. The maximum Gasteiger partial charge on any atom is 0.115 e. The molecule has 0 fully saturated rings. The summed E-state index contributed by atoms with van der Waals surface area (Å²) in [7, 11) is 1.68. The second-order valence-corrected chi connectivity index (χ2v) is 6.43. The first-order valence-electron chi connectivity index (χ1n) is 7.26. The van der Waals surface area contributed by atoms with Crippen molar-refractivity contribution in [3.63, 3.8) is 0 Å². The number of hydrogen-bond acceptors (Lipinski definition) is 4. The highest BCUT2D eigenvalue weighted by atomic mass is 16.5. The van der Waals surface area contributed by atoms with Crippen molar-refractivity contribution in [1.29, 1.82) is 0 Å². The molecule has 0 bridgehead atoms. The van der Waals surface area contributed by atoms with E-state index < -0.39 is 0 Å². The minimum atomic E-state index is -0.102. The number of benzene rings is 1. The number of rotatable bonds is 5. The van der Waals surface area contributed by atoms with Crippen LogP contribution in [0, 0.1) is 0 Å². The molecule has 0 saturated carbocycles. The Balaban J connectivity index is 2.67. The number of anilines is 1. The van der Waals surface area contributed by atoms with E-state index in [1.54, 1.807) is 7.11 Å². The zero-order valence-corrected chi connectivity index (χ0v) is 13.3. The normalized spacial score (nSPS) is 13.8. The van der Waals surface area contributed by atoms with Crippen molar-refractivity contribution in [3.05, 3.63) is 24.0 Å². The zero-order valence-electron chi connectivity index (χ0n) is 13.3. The fourth-order valence-corrected chi connectivity index (χ4v) is 2.64. The summed E-state index contributed by atoms with van der Waals surface area (Å²) in [4.78, 5) is 4.78. The maximum absolute atomic E-state index is 9.36. The van der Waals surface area contributed by atoms with Crippen LogP contribution in [0.2, 0.25) is 0 Å². The van der Waals surface area contributed by atoms with Gasteiger partial charge < -0.3 is 20.1 Å². The van der Waals surface area contributed by atoms with E-state index in [1.807, 2.05) is 18.2 Å². The van der Waals surface area contributed by atoms with Gasteiger partial charge in [0.1, 0.15) is 5.82 Å². The highest BCUT2D eigenvalue weighted by Crippen LogP contribution is 2.31. The minimum absolute atomic E-state index is 0.0582. The van der Waals surface area contributed by atoms with E-state index in [0.29, 0.717) is 18.7 Å². The van der Waals surface area contributed by atoms with E-state index >= 15 is 0 Å². The number of nitrogens with zero attached hydrogens (tertiary/aromatic N) is 2. The summed E-state index contributed by atoms with van der Waals surface area (Å²) in [6.45, 7) is 7.07. The van der Waals surface area contributed by atoms with Crippen LogP contribution in [0.5, 0.6) is 0 Å². The molecule has 21 heavy (non-hydrogen) atoms. The number of nitrogens with two attached hydrogens (primary N) is 1. The summed E-state index contributed by atoms with van der Waals surface area (Å²) in [5.74, 6) is 0.985. The van der Waals surface area contributed by atoms with E-state index in [9.17, 15) is 5.11 Å². The van der Waals surface area contributed by atoms with Crippen molar-refractivity contribution in [1.82, 2.24) is 9.55 Å². The van der Waals surface area contributed by atoms with Crippen LogP contribution in [-0.2, 0) is 10.2 Å². The molecule has 1 aromatic heterocycles. The van der Waals surface area contributed by atoms with E-state index in [4.69, 9.17) is 15.5 Å². The van der Waals surface area contributed by atoms with Crippen molar-refractivity contribution in [2.24, 2.45) is 0 Å². The van der Waals surface area contributed by atoms with Crippen LogP contribution in [0.1, 0.15) is 39.1 Å². The molecule has 116 valence electrons. The topological polar surface area (TPSA) is 73.3 Å². The lowest BCUT2D eigenvalue weighted by Gasteiger charge is -2.26. The highest BCUT2D eigenvalue weighted by molar-refractivity contribution is 5.80. The fraction of sp³-hybridized carbons (Fsp3) is 0.562. The van der Waals surface area contributed by atoms with Crippen LogP contribution in [-0.4, -0.2) is 35.0 Å². The lowest BCUT2D eigenvalue weighted by Crippen LogP contribution is -2.25. The number of hydrogen-bond donors (Lipinski definition) is 2. The molecule has 2 aromatic rings. The standard InChI is InChI=1S/C16H25N3O2/c1-16(2,3)15-18-13-9-11(17)5-6-14(13)19(15)12(7-8-20)10-21-4/h5-6,9,12,20H,7-8,10,17H2,1-4H3. The number of fused-ring (bicyclic) bond motifs is 1. The van der Waals surface area contributed by atoms with Gasteiger partial charge in [0.05, 0.1) is 23.7 Å². The van der Waals surface area contributed by atoms with Gasteiger partial charge in [-0.1, -0.05) is 20.8 Å². The Bertz CT molecular complexity index is 608. The first-order valence-corrected chi connectivity index (χ1v) is 7.26. The summed E-state index contributed by atoms with van der Waals surface area (Å²) in [5, 5.41) is 9.36. The Labute approximate surface area is 125 Å². The monoisotopic (exact) mass is 291 g/mol. The number of nitrogen functional groups attached to an aromatic ring is 1. The largest absolute Gasteiger partial charge is 0.399 e. The quantitative estimate of drug-likeness (QED) is 0.830.